The normalized spacial score (nSPS) is 30.9. The minimum absolute atomic E-state index is 0.0226. The second kappa shape index (κ2) is 9.05. The van der Waals surface area contributed by atoms with Gasteiger partial charge in [0.15, 0.2) is 32.3 Å². The van der Waals surface area contributed by atoms with Crippen LogP contribution in [0.1, 0.15) is 6.42 Å². The second-order valence-corrected chi connectivity index (χ2v) is 17.2. The molecular weight excluding hydrogens is 642 g/mol. The number of thioether (sulfide) groups is 3. The standard InChI is InChI=1S/C19H17BrClN3O6S5/c1-34(26,27)22-15(25)9-23-11-7-14(20)32-19(11)33-16(23)8-17-24(5-4-18(24)35(28,29)30)12-6-10(21)2-3-13(12)31-17/h2-3,6-8,11,18-19H,4-5,9H2,1H3/p+1. The number of nitrogens with zero attached hydrogens (tertiary/aromatic N) is 2. The van der Waals surface area contributed by atoms with Crippen LogP contribution >= 0.6 is 62.8 Å². The zero-order chi connectivity index (χ0) is 25.3. The van der Waals surface area contributed by atoms with Gasteiger partial charge in [-0.1, -0.05) is 23.4 Å². The summed E-state index contributed by atoms with van der Waals surface area (Å²) in [6.07, 6.45) is 4.93. The third-order valence-corrected chi connectivity index (χ3v) is 12.8. The van der Waals surface area contributed by atoms with Crippen LogP contribution in [-0.4, -0.2) is 72.3 Å². The molecule has 1 amide bonds. The highest BCUT2D eigenvalue weighted by atomic mass is 79.9. The van der Waals surface area contributed by atoms with Gasteiger partial charge in [0.2, 0.25) is 21.6 Å². The third-order valence-electron chi connectivity index (χ3n) is 6.06. The molecule has 16 heteroatoms. The summed E-state index contributed by atoms with van der Waals surface area (Å²) in [6.45, 7) is 0.225. The topological polar surface area (TPSA) is 123 Å². The molecule has 0 aliphatic carbocycles. The molecule has 0 saturated carbocycles. The van der Waals surface area contributed by atoms with Crippen molar-refractivity contribution in [3.05, 3.63) is 44.2 Å². The largest absolute Gasteiger partial charge is 0.743 e. The molecule has 0 bridgehead atoms. The molecule has 1 aromatic rings. The number of hydrogen-bond acceptors (Lipinski definition) is 9. The molecule has 1 N–H and O–H groups in total. The lowest BCUT2D eigenvalue weighted by atomic mass is 10.1. The van der Waals surface area contributed by atoms with Gasteiger partial charge in [-0.05, 0) is 51.6 Å². The highest BCUT2D eigenvalue weighted by molar-refractivity contribution is 9.14. The number of halogens is 2. The van der Waals surface area contributed by atoms with Gasteiger partial charge in [0.25, 0.3) is 5.91 Å². The fourth-order valence-electron chi connectivity index (χ4n) is 4.63. The maximum atomic E-state index is 12.5. The maximum absolute atomic E-state index is 12.5. The van der Waals surface area contributed by atoms with E-state index in [1.165, 1.54) is 23.5 Å². The number of fused-ring (bicyclic) bond motifs is 3. The Hall–Kier alpha value is -0.520. The fourth-order valence-corrected chi connectivity index (χ4v) is 11.9. The van der Waals surface area contributed by atoms with Gasteiger partial charge in [-0.25, -0.2) is 30.6 Å². The van der Waals surface area contributed by atoms with Crippen LogP contribution in [0.25, 0.3) is 0 Å². The van der Waals surface area contributed by atoms with Crippen molar-refractivity contribution >= 4 is 99.6 Å². The number of rotatable bonds is 5. The molecule has 0 aromatic heterocycles. The van der Waals surface area contributed by atoms with Crippen molar-refractivity contribution in [1.82, 2.24) is 9.21 Å². The van der Waals surface area contributed by atoms with E-state index in [0.717, 1.165) is 15.0 Å². The number of carbonyl (C=O) groups is 1. The molecule has 188 valence electrons. The van der Waals surface area contributed by atoms with E-state index in [1.54, 1.807) is 28.5 Å². The van der Waals surface area contributed by atoms with Crippen molar-refractivity contribution < 1.29 is 30.8 Å². The first-order valence-corrected chi connectivity index (χ1v) is 17.3. The van der Waals surface area contributed by atoms with Crippen LogP contribution in [0.4, 0.5) is 5.69 Å². The number of hydrogen-bond donors (Lipinski definition) is 1. The average molecular weight is 660 g/mol. The summed E-state index contributed by atoms with van der Waals surface area (Å²) in [5.74, 6) is -0.673. The van der Waals surface area contributed by atoms with Gasteiger partial charge in [-0.3, -0.25) is 4.79 Å². The predicted octanol–water partition coefficient (Wildman–Crippen LogP) is 2.78. The molecule has 1 spiro atoms. The van der Waals surface area contributed by atoms with E-state index in [2.05, 4.69) is 15.9 Å². The zero-order valence-electron chi connectivity index (χ0n) is 17.9. The monoisotopic (exact) mass is 658 g/mol. The highest BCUT2D eigenvalue weighted by Crippen LogP contribution is 2.58. The van der Waals surface area contributed by atoms with Crippen molar-refractivity contribution in [3.8, 4) is 0 Å². The van der Waals surface area contributed by atoms with E-state index >= 15 is 0 Å². The number of nitrogens with one attached hydrogen (secondary N) is 1. The molecule has 1 aromatic carbocycles. The Kier molecular flexibility index (Phi) is 6.75. The Morgan fingerprint density at radius 2 is 2.09 bits per heavy atom. The quantitative estimate of drug-likeness (QED) is 0.289. The van der Waals surface area contributed by atoms with Crippen LogP contribution in [-0.2, 0) is 24.9 Å². The lowest BCUT2D eigenvalue weighted by Gasteiger charge is -2.49. The highest BCUT2D eigenvalue weighted by Gasteiger charge is 2.60. The average Bonchev–Trinajstić information content (AvgIpc) is 3.28. The van der Waals surface area contributed by atoms with E-state index in [4.69, 9.17) is 11.6 Å². The molecule has 4 aliphatic rings. The van der Waals surface area contributed by atoms with E-state index < -0.39 is 31.4 Å². The van der Waals surface area contributed by atoms with Gasteiger partial charge >= 0.3 is 0 Å². The number of benzene rings is 1. The fraction of sp³-hybridized carbons (Fsp3) is 0.368. The first kappa shape index (κ1) is 26.1. The van der Waals surface area contributed by atoms with E-state index in [-0.39, 0.29) is 28.1 Å². The molecule has 4 unspecified atom stereocenters. The van der Waals surface area contributed by atoms with Crippen molar-refractivity contribution in [2.75, 3.05) is 19.3 Å². The first-order chi connectivity index (χ1) is 16.3. The Balaban J connectivity index is 1.61. The van der Waals surface area contributed by atoms with Gasteiger partial charge in [-0.15, -0.1) is 0 Å². The van der Waals surface area contributed by atoms with Crippen LogP contribution in [0.2, 0.25) is 5.02 Å². The van der Waals surface area contributed by atoms with E-state index in [0.29, 0.717) is 27.3 Å². The van der Waals surface area contributed by atoms with Crippen LogP contribution in [0.15, 0.2) is 44.1 Å². The van der Waals surface area contributed by atoms with Gasteiger partial charge in [0.05, 0.1) is 34.0 Å². The summed E-state index contributed by atoms with van der Waals surface area (Å²) >= 11 is 14.2. The minimum atomic E-state index is -4.61. The summed E-state index contributed by atoms with van der Waals surface area (Å²) in [6, 6.07) is 5.06. The summed E-state index contributed by atoms with van der Waals surface area (Å²) < 4.78 is 64.4. The van der Waals surface area contributed by atoms with Crippen molar-refractivity contribution in [2.45, 2.75) is 27.3 Å². The van der Waals surface area contributed by atoms with Crippen molar-refractivity contribution in [2.24, 2.45) is 0 Å². The Morgan fingerprint density at radius 1 is 1.34 bits per heavy atom. The van der Waals surface area contributed by atoms with Gasteiger partial charge in [0, 0.05) is 17.2 Å². The van der Waals surface area contributed by atoms with Crippen molar-refractivity contribution in [3.63, 3.8) is 0 Å². The molecule has 1 saturated heterocycles. The molecule has 4 heterocycles. The van der Waals surface area contributed by atoms with Gasteiger partial charge < -0.3 is 4.55 Å². The van der Waals surface area contributed by atoms with E-state index in [9.17, 15) is 26.2 Å². The number of quaternary nitrogens is 1. The van der Waals surface area contributed by atoms with E-state index in [1.807, 2.05) is 22.9 Å². The van der Waals surface area contributed by atoms with Gasteiger partial charge in [0.1, 0.15) is 4.58 Å². The molecule has 4 aliphatic heterocycles. The summed E-state index contributed by atoms with van der Waals surface area (Å²) in [5, 5.41) is 0.625. The van der Waals surface area contributed by atoms with Crippen molar-refractivity contribution in [1.29, 1.82) is 0 Å². The molecule has 35 heavy (non-hydrogen) atoms. The number of carbonyl (C=O) groups excluding carboxylic acids is 1. The van der Waals surface area contributed by atoms with Crippen LogP contribution < -0.4 is 9.21 Å². The molecular formula is C19H18BrClN3O6S5+. The summed E-state index contributed by atoms with van der Waals surface area (Å²) in [5.41, 5.74) is 0.673. The third kappa shape index (κ3) is 4.76. The summed E-state index contributed by atoms with van der Waals surface area (Å²) in [7, 11) is -8.33. The molecule has 1 fully saturated rings. The maximum Gasteiger partial charge on any atom is 0.298 e. The van der Waals surface area contributed by atoms with Crippen LogP contribution in [0.5, 0.6) is 0 Å². The second-order valence-electron chi connectivity index (χ2n) is 8.35. The Bertz CT molecular complexity index is 1460. The number of amides is 1. The Morgan fingerprint density at radius 3 is 2.71 bits per heavy atom. The van der Waals surface area contributed by atoms with Crippen LogP contribution in [0, 0.1) is 0 Å². The molecule has 9 nitrogen and oxygen atoms in total. The minimum Gasteiger partial charge on any atom is -0.743 e. The molecule has 4 atom stereocenters. The predicted molar refractivity (Wildman–Crippen MR) is 143 cm³/mol. The number of sulfonamides is 1. The molecule has 0 radical (unpaired) electrons. The Labute approximate surface area is 228 Å². The first-order valence-electron chi connectivity index (χ1n) is 10.2. The SMILES string of the molecule is CS(=O)(=O)NC(=O)C[N+]1=C(C=C2Sc3ccc(Cl)cc3[N+]23CCC3S(=O)(=O)[O-])SC2SC(Br)=CC21. The lowest BCUT2D eigenvalue weighted by Crippen LogP contribution is -2.67. The lowest BCUT2D eigenvalue weighted by molar-refractivity contribution is -0.533. The van der Waals surface area contributed by atoms with Crippen LogP contribution in [0.3, 0.4) is 0 Å². The zero-order valence-corrected chi connectivity index (χ0v) is 24.3. The van der Waals surface area contributed by atoms with Gasteiger partial charge in [-0.2, -0.15) is 0 Å². The molecule has 5 rings (SSSR count). The smallest absolute Gasteiger partial charge is 0.298 e. The summed E-state index contributed by atoms with van der Waals surface area (Å²) in [4.78, 5) is 13.3.